The zero-order valence-electron chi connectivity index (χ0n) is 20.8. The third-order valence-corrected chi connectivity index (χ3v) is 15.9. The van der Waals surface area contributed by atoms with Crippen molar-refractivity contribution in [2.24, 2.45) is 0 Å². The fourth-order valence-electron chi connectivity index (χ4n) is 2.64. The van der Waals surface area contributed by atoms with E-state index in [1.165, 1.54) is 6.92 Å². The maximum atomic E-state index is 12.0. The summed E-state index contributed by atoms with van der Waals surface area (Å²) in [7, 11) is -9.33. The smallest absolute Gasteiger partial charge is 0.409 e. The third-order valence-electron chi connectivity index (χ3n) is 6.55. The van der Waals surface area contributed by atoms with E-state index in [0.29, 0.717) is 0 Å². The summed E-state index contributed by atoms with van der Waals surface area (Å²) in [6, 6.07) is -0.633. The second kappa shape index (κ2) is 9.64. The molecule has 12 heteroatoms. The second-order valence-corrected chi connectivity index (χ2v) is 22.0. The van der Waals surface area contributed by atoms with Crippen LogP contribution in [0.2, 0.25) is 36.3 Å². The lowest BCUT2D eigenvalue weighted by Gasteiger charge is -2.41. The van der Waals surface area contributed by atoms with Crippen LogP contribution in [0.5, 0.6) is 0 Å². The normalized spacial score (nSPS) is 26.2. The first-order valence-corrected chi connectivity index (χ1v) is 17.9. The molecule has 1 aliphatic heterocycles. The Balaban J connectivity index is 3.33. The van der Waals surface area contributed by atoms with Crippen LogP contribution < -0.4 is 5.32 Å². The maximum absolute atomic E-state index is 12.0. The molecule has 4 atom stereocenters. The summed E-state index contributed by atoms with van der Waals surface area (Å²) in [5, 5.41) is 2.67. The Morgan fingerprint density at radius 2 is 1.45 bits per heavy atom. The first-order valence-electron chi connectivity index (χ1n) is 10.6. The summed E-state index contributed by atoms with van der Waals surface area (Å²) >= 11 is 0. The molecule has 0 unspecified atom stereocenters. The Morgan fingerprint density at radius 1 is 1.00 bits per heavy atom. The van der Waals surface area contributed by atoms with Gasteiger partial charge in [-0.3, -0.25) is 9.32 Å². The summed E-state index contributed by atoms with van der Waals surface area (Å²) in [5.41, 5.74) is 0. The minimum atomic E-state index is -4.71. The molecule has 0 saturated carbocycles. The lowest BCUT2D eigenvalue weighted by Crippen LogP contribution is -2.56. The second-order valence-electron chi connectivity index (χ2n) is 11.3. The highest BCUT2D eigenvalue weighted by atomic mass is 31.2. The minimum Gasteiger partial charge on any atom is -0.409 e. The van der Waals surface area contributed by atoms with Crippen LogP contribution in [0.3, 0.4) is 0 Å². The van der Waals surface area contributed by atoms with Gasteiger partial charge in [0.1, 0.15) is 12.1 Å². The highest BCUT2D eigenvalue weighted by Crippen LogP contribution is 2.44. The van der Waals surface area contributed by atoms with E-state index in [9.17, 15) is 19.1 Å². The first kappa shape index (κ1) is 28.9. The van der Waals surface area contributed by atoms with Crippen LogP contribution in [0.4, 0.5) is 0 Å². The van der Waals surface area contributed by atoms with Gasteiger partial charge in [-0.25, -0.2) is 4.57 Å². The number of ether oxygens (including phenoxy) is 1. The van der Waals surface area contributed by atoms with Gasteiger partial charge in [0.05, 0.1) is 12.7 Å². The number of hydrogen-bond donors (Lipinski definition) is 3. The maximum Gasteiger partial charge on any atom is 0.469 e. The van der Waals surface area contributed by atoms with Gasteiger partial charge >= 0.3 is 7.82 Å². The molecule has 9 nitrogen and oxygen atoms in total. The van der Waals surface area contributed by atoms with E-state index in [1.54, 1.807) is 0 Å². The molecule has 0 aliphatic carbocycles. The van der Waals surface area contributed by atoms with Gasteiger partial charge in [-0.2, -0.15) is 0 Å². The van der Waals surface area contributed by atoms with Gasteiger partial charge in [0, 0.05) is 6.92 Å². The lowest BCUT2D eigenvalue weighted by molar-refractivity contribution is -0.124. The Hall–Kier alpha value is -0.106. The molecule has 0 aromatic rings. The van der Waals surface area contributed by atoms with E-state index in [0.717, 1.165) is 0 Å². The lowest BCUT2D eigenvalue weighted by atomic mass is 10.1. The zero-order valence-corrected chi connectivity index (χ0v) is 23.7. The highest BCUT2D eigenvalue weighted by molar-refractivity contribution is 7.46. The molecule has 0 aromatic heterocycles. The fourth-order valence-corrected chi connectivity index (χ4v) is 5.45. The number of phosphoric acid groups is 1. The van der Waals surface area contributed by atoms with E-state index in [4.69, 9.17) is 18.1 Å². The van der Waals surface area contributed by atoms with Crippen molar-refractivity contribution in [3.05, 3.63) is 0 Å². The number of phosphoric ester groups is 1. The van der Waals surface area contributed by atoms with E-state index in [-0.39, 0.29) is 22.6 Å². The molecule has 0 radical (unpaired) electrons. The van der Waals surface area contributed by atoms with Crippen LogP contribution in [-0.4, -0.2) is 63.5 Å². The largest absolute Gasteiger partial charge is 0.469 e. The molecule has 1 heterocycles. The number of carbonyl (C=O) groups excluding carboxylic acids is 1. The van der Waals surface area contributed by atoms with Crippen molar-refractivity contribution in [1.82, 2.24) is 5.32 Å². The summed E-state index contributed by atoms with van der Waals surface area (Å²) in [6.07, 6.45) is -2.30. The molecular formula is C19H42NO8PSi2. The van der Waals surface area contributed by atoms with Gasteiger partial charge in [0.2, 0.25) is 5.91 Å². The fraction of sp³-hybridized carbons (Fsp3) is 0.947. The number of rotatable bonds is 8. The van der Waals surface area contributed by atoms with E-state index in [1.807, 2.05) is 0 Å². The number of nitrogens with one attached hydrogen (secondary N) is 1. The standard InChI is InChI=1S/C19H42NO8PSi2/c1-13(21)20-15-16(27-30(8,9)18(2,3)4)14(12-25-29(22,23)24)26-17(15)28-31(10,11)19(5,6)7/h14-17H,12H2,1-11H3,(H,20,21)(H2,22,23,24)/t14-,15-,16-,17+/m1/s1. The summed E-state index contributed by atoms with van der Waals surface area (Å²) in [5.74, 6) is -0.266. The Morgan fingerprint density at radius 3 is 1.84 bits per heavy atom. The van der Waals surface area contributed by atoms with E-state index in [2.05, 4.69) is 73.0 Å². The average Bonchev–Trinajstić information content (AvgIpc) is 2.78. The monoisotopic (exact) mass is 499 g/mol. The molecule has 184 valence electrons. The Labute approximate surface area is 189 Å². The van der Waals surface area contributed by atoms with Gasteiger partial charge in [-0.1, -0.05) is 41.5 Å². The molecule has 0 aromatic carbocycles. The zero-order chi connectivity index (χ0) is 24.6. The molecule has 0 bridgehead atoms. The van der Waals surface area contributed by atoms with Gasteiger partial charge in [-0.15, -0.1) is 0 Å². The molecule has 31 heavy (non-hydrogen) atoms. The van der Waals surface area contributed by atoms with Crippen molar-refractivity contribution in [3.63, 3.8) is 0 Å². The molecular weight excluding hydrogens is 457 g/mol. The van der Waals surface area contributed by atoms with Crippen molar-refractivity contribution in [1.29, 1.82) is 0 Å². The average molecular weight is 500 g/mol. The van der Waals surface area contributed by atoms with Crippen LogP contribution >= 0.6 is 7.82 Å². The van der Waals surface area contributed by atoms with Gasteiger partial charge in [0.25, 0.3) is 0 Å². The molecule has 1 amide bonds. The van der Waals surface area contributed by atoms with Crippen molar-refractivity contribution in [2.45, 2.75) is 109 Å². The van der Waals surface area contributed by atoms with Crippen LogP contribution in [-0.2, 0) is 27.5 Å². The predicted molar refractivity (Wildman–Crippen MR) is 125 cm³/mol. The topological polar surface area (TPSA) is 124 Å². The van der Waals surface area contributed by atoms with Crippen LogP contribution in [0.1, 0.15) is 48.5 Å². The molecule has 1 aliphatic rings. The summed E-state index contributed by atoms with van der Waals surface area (Å²) < 4.78 is 35.2. The molecule has 1 saturated heterocycles. The van der Waals surface area contributed by atoms with Gasteiger partial charge < -0.3 is 28.7 Å². The minimum absolute atomic E-state index is 0.104. The van der Waals surface area contributed by atoms with E-state index < -0.39 is 49.0 Å². The highest BCUT2D eigenvalue weighted by Gasteiger charge is 2.53. The van der Waals surface area contributed by atoms with Crippen LogP contribution in [0.15, 0.2) is 0 Å². The SMILES string of the molecule is CC(=O)N[C@H]1[C@H](O[Si](C)(C)C(C)(C)C)O[C@H](COP(=O)(O)O)[C@H]1O[Si](C)(C)C(C)(C)C. The molecule has 3 N–H and O–H groups in total. The van der Waals surface area contributed by atoms with Crippen molar-refractivity contribution in [2.75, 3.05) is 6.61 Å². The van der Waals surface area contributed by atoms with Crippen molar-refractivity contribution in [3.8, 4) is 0 Å². The summed E-state index contributed by atoms with van der Waals surface area (Å²) in [4.78, 5) is 30.4. The number of amides is 1. The number of carbonyl (C=O) groups is 1. The Kier molecular flexibility index (Phi) is 8.99. The Bertz CT molecular complexity index is 683. The third kappa shape index (κ3) is 8.01. The van der Waals surface area contributed by atoms with Crippen LogP contribution in [0.25, 0.3) is 0 Å². The van der Waals surface area contributed by atoms with E-state index >= 15 is 0 Å². The molecule has 1 rings (SSSR count). The van der Waals surface area contributed by atoms with Crippen molar-refractivity contribution < 1.29 is 37.3 Å². The molecule has 0 spiro atoms. The van der Waals surface area contributed by atoms with Crippen molar-refractivity contribution >= 4 is 30.4 Å². The summed E-state index contributed by atoms with van der Waals surface area (Å²) in [6.45, 7) is 21.9. The van der Waals surface area contributed by atoms with Crippen LogP contribution in [0, 0.1) is 0 Å². The van der Waals surface area contributed by atoms with Gasteiger partial charge in [0.15, 0.2) is 22.9 Å². The van der Waals surface area contributed by atoms with Gasteiger partial charge in [-0.05, 0) is 36.3 Å². The molecule has 1 fully saturated rings. The quantitative estimate of drug-likeness (QED) is 0.341. The predicted octanol–water partition coefficient (Wildman–Crippen LogP) is 3.74. The first-order chi connectivity index (χ1) is 13.6. The number of hydrogen-bond acceptors (Lipinski definition) is 6.